The molecular weight excluding hydrogens is 336 g/mol. The average molecular weight is 357 g/mol. The van der Waals surface area contributed by atoms with Gasteiger partial charge in [0.25, 0.3) is 0 Å². The molecule has 1 heterocycles. The molecule has 0 bridgehead atoms. The maximum absolute atomic E-state index is 11.7. The molecule has 21 heavy (non-hydrogen) atoms. The molecule has 6 heteroatoms. The molecule has 2 atom stereocenters. The number of halogens is 1. The van der Waals surface area contributed by atoms with Gasteiger partial charge in [-0.3, -0.25) is 0 Å². The van der Waals surface area contributed by atoms with Crippen molar-refractivity contribution in [2.45, 2.75) is 57.8 Å². The third-order valence-electron chi connectivity index (χ3n) is 3.12. The van der Waals surface area contributed by atoms with Crippen LogP contribution >= 0.6 is 15.9 Å². The van der Waals surface area contributed by atoms with Crippen molar-refractivity contribution in [3.8, 4) is 5.75 Å². The lowest BCUT2D eigenvalue weighted by Crippen LogP contribution is -2.38. The number of aromatic nitrogens is 1. The van der Waals surface area contributed by atoms with Crippen LogP contribution in [0, 0.1) is 0 Å². The fourth-order valence-electron chi connectivity index (χ4n) is 2.29. The Hall–Kier alpha value is -1.30. The summed E-state index contributed by atoms with van der Waals surface area (Å²) in [6, 6.07) is 3.82. The molecule has 0 radical (unpaired) electrons. The third-order valence-corrected chi connectivity index (χ3v) is 3.72. The van der Waals surface area contributed by atoms with Crippen LogP contribution in [0.5, 0.6) is 5.75 Å². The van der Waals surface area contributed by atoms with Crippen molar-refractivity contribution >= 4 is 22.0 Å². The molecular formula is C15H21BrN2O3. The topological polar surface area (TPSA) is 60.5 Å². The van der Waals surface area contributed by atoms with Gasteiger partial charge in [0.1, 0.15) is 16.3 Å². The van der Waals surface area contributed by atoms with Crippen molar-refractivity contribution in [1.82, 2.24) is 10.3 Å². The van der Waals surface area contributed by atoms with Crippen LogP contribution in [0.25, 0.3) is 0 Å². The molecule has 1 saturated carbocycles. The summed E-state index contributed by atoms with van der Waals surface area (Å²) in [6.07, 6.45) is 4.00. The van der Waals surface area contributed by atoms with Gasteiger partial charge in [0.15, 0.2) is 5.75 Å². The quantitative estimate of drug-likeness (QED) is 0.839. The van der Waals surface area contributed by atoms with Gasteiger partial charge >= 0.3 is 6.09 Å². The number of ether oxygens (including phenoxy) is 2. The molecule has 0 aromatic carbocycles. The Morgan fingerprint density at radius 1 is 1.43 bits per heavy atom. The number of amides is 1. The van der Waals surface area contributed by atoms with E-state index < -0.39 is 5.60 Å². The predicted octanol–water partition coefficient (Wildman–Crippen LogP) is 3.67. The van der Waals surface area contributed by atoms with E-state index in [0.717, 1.165) is 25.0 Å². The SMILES string of the molecule is CC(C)(C)OC(=O)N[C@@H]1CC[C@H](Oc2cccnc2Br)C1. The molecule has 1 aliphatic carbocycles. The first-order valence-corrected chi connectivity index (χ1v) is 7.89. The number of carbonyl (C=O) groups excluding carboxylic acids is 1. The summed E-state index contributed by atoms with van der Waals surface area (Å²) in [7, 11) is 0. The highest BCUT2D eigenvalue weighted by Gasteiger charge is 2.29. The molecule has 0 aliphatic heterocycles. The van der Waals surface area contributed by atoms with Crippen LogP contribution in [0.2, 0.25) is 0 Å². The van der Waals surface area contributed by atoms with Gasteiger partial charge in [-0.2, -0.15) is 0 Å². The lowest BCUT2D eigenvalue weighted by molar-refractivity contribution is 0.0503. The smallest absolute Gasteiger partial charge is 0.407 e. The highest BCUT2D eigenvalue weighted by atomic mass is 79.9. The summed E-state index contributed by atoms with van der Waals surface area (Å²) >= 11 is 3.37. The Balaban J connectivity index is 1.81. The van der Waals surface area contributed by atoms with E-state index in [9.17, 15) is 4.79 Å². The van der Waals surface area contributed by atoms with Gasteiger partial charge in [0, 0.05) is 18.7 Å². The molecule has 116 valence electrons. The van der Waals surface area contributed by atoms with Gasteiger partial charge in [0.2, 0.25) is 0 Å². The van der Waals surface area contributed by atoms with Gasteiger partial charge in [-0.15, -0.1) is 0 Å². The maximum Gasteiger partial charge on any atom is 0.407 e. The Morgan fingerprint density at radius 2 is 2.19 bits per heavy atom. The second-order valence-corrected chi connectivity index (χ2v) is 6.94. The van der Waals surface area contributed by atoms with Crippen LogP contribution in [-0.4, -0.2) is 28.8 Å². The van der Waals surface area contributed by atoms with E-state index in [2.05, 4.69) is 26.2 Å². The van der Waals surface area contributed by atoms with Gasteiger partial charge in [-0.25, -0.2) is 9.78 Å². The zero-order valence-corrected chi connectivity index (χ0v) is 14.1. The van der Waals surface area contributed by atoms with Crippen molar-refractivity contribution in [2.75, 3.05) is 0 Å². The second kappa shape index (κ2) is 6.64. The minimum Gasteiger partial charge on any atom is -0.488 e. The zero-order chi connectivity index (χ0) is 15.5. The summed E-state index contributed by atoms with van der Waals surface area (Å²) in [4.78, 5) is 15.9. The first kappa shape index (κ1) is 16.1. The fraction of sp³-hybridized carbons (Fsp3) is 0.600. The van der Waals surface area contributed by atoms with Crippen LogP contribution in [0.3, 0.4) is 0 Å². The summed E-state index contributed by atoms with van der Waals surface area (Å²) < 4.78 is 11.9. The molecule has 1 aromatic heterocycles. The van der Waals surface area contributed by atoms with Crippen molar-refractivity contribution < 1.29 is 14.3 Å². The van der Waals surface area contributed by atoms with E-state index in [0.29, 0.717) is 4.60 Å². The molecule has 1 N–H and O–H groups in total. The van der Waals surface area contributed by atoms with Crippen LogP contribution in [0.15, 0.2) is 22.9 Å². The summed E-state index contributed by atoms with van der Waals surface area (Å²) in [6.45, 7) is 5.56. The molecule has 1 aromatic rings. The maximum atomic E-state index is 11.7. The first-order chi connectivity index (χ1) is 9.83. The second-order valence-electron chi connectivity index (χ2n) is 6.19. The summed E-state index contributed by atoms with van der Waals surface area (Å²) in [5, 5.41) is 2.90. The van der Waals surface area contributed by atoms with Gasteiger partial charge in [-0.05, 0) is 61.7 Å². The normalized spacial score (nSPS) is 21.9. The van der Waals surface area contributed by atoms with Crippen molar-refractivity contribution in [3.05, 3.63) is 22.9 Å². The van der Waals surface area contributed by atoms with Crippen LogP contribution in [0.4, 0.5) is 4.79 Å². The van der Waals surface area contributed by atoms with Gasteiger partial charge in [0.05, 0.1) is 0 Å². The first-order valence-electron chi connectivity index (χ1n) is 7.10. The highest BCUT2D eigenvalue weighted by molar-refractivity contribution is 9.10. The minimum atomic E-state index is -0.473. The van der Waals surface area contributed by atoms with E-state index in [4.69, 9.17) is 9.47 Å². The number of rotatable bonds is 3. The fourth-order valence-corrected chi connectivity index (χ4v) is 2.64. The Kier molecular flexibility index (Phi) is 5.08. The lowest BCUT2D eigenvalue weighted by Gasteiger charge is -2.21. The average Bonchev–Trinajstić information content (AvgIpc) is 2.77. The van der Waals surface area contributed by atoms with Crippen molar-refractivity contribution in [2.24, 2.45) is 0 Å². The number of nitrogens with one attached hydrogen (secondary N) is 1. The molecule has 1 amide bonds. The van der Waals surface area contributed by atoms with Gasteiger partial charge < -0.3 is 14.8 Å². The van der Waals surface area contributed by atoms with Crippen molar-refractivity contribution in [3.63, 3.8) is 0 Å². The number of nitrogens with zero attached hydrogens (tertiary/aromatic N) is 1. The monoisotopic (exact) mass is 356 g/mol. The van der Waals surface area contributed by atoms with E-state index in [1.54, 1.807) is 6.20 Å². The molecule has 0 spiro atoms. The Morgan fingerprint density at radius 3 is 2.86 bits per heavy atom. The van der Waals surface area contributed by atoms with E-state index >= 15 is 0 Å². The molecule has 0 saturated heterocycles. The predicted molar refractivity (Wildman–Crippen MR) is 83.4 cm³/mol. The number of hydrogen-bond donors (Lipinski definition) is 1. The molecule has 5 nitrogen and oxygen atoms in total. The Bertz CT molecular complexity index is 502. The number of pyridine rings is 1. The molecule has 1 aliphatic rings. The zero-order valence-electron chi connectivity index (χ0n) is 12.6. The van der Waals surface area contributed by atoms with E-state index in [1.165, 1.54) is 0 Å². The summed E-state index contributed by atoms with van der Waals surface area (Å²) in [5.74, 6) is 0.736. The van der Waals surface area contributed by atoms with E-state index in [-0.39, 0.29) is 18.2 Å². The number of carbonyl (C=O) groups is 1. The molecule has 2 rings (SSSR count). The van der Waals surface area contributed by atoms with Gasteiger partial charge in [-0.1, -0.05) is 0 Å². The highest BCUT2D eigenvalue weighted by Crippen LogP contribution is 2.28. The number of alkyl carbamates (subject to hydrolysis) is 1. The molecule has 1 fully saturated rings. The largest absolute Gasteiger partial charge is 0.488 e. The minimum absolute atomic E-state index is 0.0884. The molecule has 0 unspecified atom stereocenters. The summed E-state index contributed by atoms with van der Waals surface area (Å²) in [5.41, 5.74) is -0.473. The van der Waals surface area contributed by atoms with Crippen LogP contribution in [-0.2, 0) is 4.74 Å². The van der Waals surface area contributed by atoms with Crippen LogP contribution < -0.4 is 10.1 Å². The third kappa shape index (κ3) is 5.19. The van der Waals surface area contributed by atoms with Crippen LogP contribution in [0.1, 0.15) is 40.0 Å². The lowest BCUT2D eigenvalue weighted by atomic mass is 10.2. The standard InChI is InChI=1S/C15H21BrN2O3/c1-15(2,3)21-14(19)18-10-6-7-11(9-10)20-12-5-4-8-17-13(12)16/h4-5,8,10-11H,6-7,9H2,1-3H3,(H,18,19)/t10-,11+/m1/s1. The van der Waals surface area contributed by atoms with Crippen molar-refractivity contribution in [1.29, 1.82) is 0 Å². The Labute approximate surface area is 133 Å². The number of hydrogen-bond acceptors (Lipinski definition) is 4. The van der Waals surface area contributed by atoms with E-state index in [1.807, 2.05) is 32.9 Å².